The van der Waals surface area contributed by atoms with Gasteiger partial charge < -0.3 is 10.4 Å². The van der Waals surface area contributed by atoms with Gasteiger partial charge in [0, 0.05) is 11.0 Å². The topological polar surface area (TPSA) is 32.3 Å². The summed E-state index contributed by atoms with van der Waals surface area (Å²) < 4.78 is 0. The van der Waals surface area contributed by atoms with Crippen LogP contribution in [0.4, 0.5) is 0 Å². The summed E-state index contributed by atoms with van der Waals surface area (Å²) in [6.07, 6.45) is 1.82. The van der Waals surface area contributed by atoms with Crippen LogP contribution in [0.3, 0.4) is 0 Å². The van der Waals surface area contributed by atoms with E-state index in [0.717, 1.165) is 31.7 Å². The Kier molecular flexibility index (Phi) is 4.74. The van der Waals surface area contributed by atoms with Crippen LogP contribution in [-0.4, -0.2) is 34.8 Å². The summed E-state index contributed by atoms with van der Waals surface area (Å²) in [7, 11) is 0. The van der Waals surface area contributed by atoms with E-state index in [9.17, 15) is 5.11 Å². The first-order valence-electron chi connectivity index (χ1n) is 5.58. The van der Waals surface area contributed by atoms with E-state index in [-0.39, 0.29) is 0 Å². The third-order valence-corrected chi connectivity index (χ3v) is 4.86. The minimum absolute atomic E-state index is 0.404. The van der Waals surface area contributed by atoms with Crippen LogP contribution in [0.1, 0.15) is 33.6 Å². The summed E-state index contributed by atoms with van der Waals surface area (Å²) in [5.74, 6) is 1.60. The third-order valence-electron chi connectivity index (χ3n) is 3.09. The van der Waals surface area contributed by atoms with Crippen molar-refractivity contribution in [3.05, 3.63) is 0 Å². The molecule has 1 heterocycles. The smallest absolute Gasteiger partial charge is 0.0762 e. The fourth-order valence-electron chi connectivity index (χ4n) is 1.52. The van der Waals surface area contributed by atoms with Gasteiger partial charge in [-0.05, 0) is 31.8 Å². The Bertz CT molecular complexity index is 167. The number of thioether (sulfide) groups is 1. The Labute approximate surface area is 91.9 Å². The molecule has 1 rings (SSSR count). The van der Waals surface area contributed by atoms with Crippen molar-refractivity contribution in [1.29, 1.82) is 0 Å². The molecule has 84 valence electrons. The molecule has 0 amide bonds. The minimum Gasteiger partial charge on any atom is -0.389 e. The molecule has 0 aromatic heterocycles. The average molecular weight is 217 g/mol. The predicted molar refractivity (Wildman–Crippen MR) is 63.8 cm³/mol. The molecule has 0 spiro atoms. The lowest BCUT2D eigenvalue weighted by Crippen LogP contribution is -2.44. The first-order valence-corrected chi connectivity index (χ1v) is 6.63. The average Bonchev–Trinajstić information content (AvgIpc) is 2.15. The van der Waals surface area contributed by atoms with Crippen molar-refractivity contribution in [2.24, 2.45) is 5.92 Å². The highest BCUT2D eigenvalue weighted by Crippen LogP contribution is 2.28. The van der Waals surface area contributed by atoms with Gasteiger partial charge in [0.05, 0.1) is 5.60 Å². The lowest BCUT2D eigenvalue weighted by molar-refractivity contribution is 0.0338. The van der Waals surface area contributed by atoms with Crippen molar-refractivity contribution in [1.82, 2.24) is 5.32 Å². The summed E-state index contributed by atoms with van der Waals surface area (Å²) in [6.45, 7) is 8.66. The van der Waals surface area contributed by atoms with Crippen molar-refractivity contribution in [2.75, 3.05) is 18.8 Å². The molecule has 0 aromatic rings. The van der Waals surface area contributed by atoms with E-state index in [2.05, 4.69) is 26.1 Å². The van der Waals surface area contributed by atoms with Crippen molar-refractivity contribution >= 4 is 11.8 Å². The number of aliphatic hydroxyl groups is 1. The summed E-state index contributed by atoms with van der Waals surface area (Å²) in [5.41, 5.74) is -0.404. The summed E-state index contributed by atoms with van der Waals surface area (Å²) in [6, 6.07) is 0. The SMILES string of the molecule is CC(C)C(C)SCC1(O)CCNCC1. The van der Waals surface area contributed by atoms with Crippen LogP contribution in [0.2, 0.25) is 0 Å². The van der Waals surface area contributed by atoms with E-state index in [0.29, 0.717) is 11.2 Å². The maximum atomic E-state index is 10.2. The fraction of sp³-hybridized carbons (Fsp3) is 1.00. The number of hydrogen-bond acceptors (Lipinski definition) is 3. The third kappa shape index (κ3) is 3.79. The van der Waals surface area contributed by atoms with E-state index in [1.165, 1.54) is 0 Å². The predicted octanol–water partition coefficient (Wildman–Crippen LogP) is 1.88. The molecule has 0 radical (unpaired) electrons. The Hall–Kier alpha value is 0.270. The van der Waals surface area contributed by atoms with Gasteiger partial charge in [-0.1, -0.05) is 20.8 Å². The first kappa shape index (κ1) is 12.3. The molecular formula is C11H23NOS. The van der Waals surface area contributed by atoms with Crippen LogP contribution in [0.5, 0.6) is 0 Å². The Morgan fingerprint density at radius 1 is 1.29 bits per heavy atom. The van der Waals surface area contributed by atoms with Crippen LogP contribution < -0.4 is 5.32 Å². The molecule has 3 heteroatoms. The lowest BCUT2D eigenvalue weighted by Gasteiger charge is -2.33. The number of nitrogens with one attached hydrogen (secondary N) is 1. The van der Waals surface area contributed by atoms with Gasteiger partial charge in [0.2, 0.25) is 0 Å². The van der Waals surface area contributed by atoms with Crippen molar-refractivity contribution in [2.45, 2.75) is 44.5 Å². The highest BCUT2D eigenvalue weighted by atomic mass is 32.2. The minimum atomic E-state index is -0.404. The second-order valence-corrected chi connectivity index (χ2v) is 6.10. The molecule has 1 saturated heterocycles. The molecule has 0 saturated carbocycles. The van der Waals surface area contributed by atoms with E-state index < -0.39 is 5.60 Å². The van der Waals surface area contributed by atoms with Crippen molar-refractivity contribution in [3.8, 4) is 0 Å². The normalized spacial score (nSPS) is 23.8. The lowest BCUT2D eigenvalue weighted by atomic mass is 9.95. The molecule has 0 bridgehead atoms. The number of piperidine rings is 1. The van der Waals surface area contributed by atoms with Gasteiger partial charge in [0.15, 0.2) is 0 Å². The zero-order chi connectivity index (χ0) is 10.6. The molecule has 14 heavy (non-hydrogen) atoms. The summed E-state index contributed by atoms with van der Waals surface area (Å²) in [5, 5.41) is 14.2. The van der Waals surface area contributed by atoms with Gasteiger partial charge >= 0.3 is 0 Å². The van der Waals surface area contributed by atoms with Gasteiger partial charge in [0.25, 0.3) is 0 Å². The standard InChI is InChI=1S/C11H23NOS/c1-9(2)10(3)14-8-11(13)4-6-12-7-5-11/h9-10,12-13H,4-8H2,1-3H3. The van der Waals surface area contributed by atoms with Gasteiger partial charge in [-0.3, -0.25) is 0 Å². The van der Waals surface area contributed by atoms with Crippen molar-refractivity contribution in [3.63, 3.8) is 0 Å². The summed E-state index contributed by atoms with van der Waals surface area (Å²) in [4.78, 5) is 0. The monoisotopic (exact) mass is 217 g/mol. The molecule has 2 N–H and O–H groups in total. The summed E-state index contributed by atoms with van der Waals surface area (Å²) >= 11 is 1.91. The second kappa shape index (κ2) is 5.38. The zero-order valence-electron chi connectivity index (χ0n) is 9.55. The molecule has 2 nitrogen and oxygen atoms in total. The Balaban J connectivity index is 2.28. The van der Waals surface area contributed by atoms with E-state index in [1.54, 1.807) is 0 Å². The quantitative estimate of drug-likeness (QED) is 0.754. The first-order chi connectivity index (χ1) is 6.53. The van der Waals surface area contributed by atoms with Gasteiger partial charge in [0.1, 0.15) is 0 Å². The maximum Gasteiger partial charge on any atom is 0.0762 e. The van der Waals surface area contributed by atoms with Crippen LogP contribution in [0, 0.1) is 5.92 Å². The molecule has 0 aromatic carbocycles. The molecule has 1 fully saturated rings. The Morgan fingerprint density at radius 3 is 2.36 bits per heavy atom. The largest absolute Gasteiger partial charge is 0.389 e. The number of hydrogen-bond donors (Lipinski definition) is 2. The molecule has 1 unspecified atom stereocenters. The maximum absolute atomic E-state index is 10.2. The van der Waals surface area contributed by atoms with E-state index in [4.69, 9.17) is 0 Å². The van der Waals surface area contributed by atoms with Crippen LogP contribution >= 0.6 is 11.8 Å². The molecule has 1 aliphatic rings. The molecular weight excluding hydrogens is 194 g/mol. The fourth-order valence-corrected chi connectivity index (χ4v) is 2.76. The highest BCUT2D eigenvalue weighted by Gasteiger charge is 2.29. The highest BCUT2D eigenvalue weighted by molar-refractivity contribution is 7.99. The van der Waals surface area contributed by atoms with Crippen LogP contribution in [0.25, 0.3) is 0 Å². The van der Waals surface area contributed by atoms with E-state index in [1.807, 2.05) is 11.8 Å². The molecule has 0 aliphatic carbocycles. The zero-order valence-corrected chi connectivity index (χ0v) is 10.4. The van der Waals surface area contributed by atoms with Crippen LogP contribution in [-0.2, 0) is 0 Å². The van der Waals surface area contributed by atoms with Crippen LogP contribution in [0.15, 0.2) is 0 Å². The number of rotatable bonds is 4. The van der Waals surface area contributed by atoms with E-state index >= 15 is 0 Å². The van der Waals surface area contributed by atoms with Crippen molar-refractivity contribution < 1.29 is 5.11 Å². The second-order valence-electron chi connectivity index (χ2n) is 4.73. The van der Waals surface area contributed by atoms with Gasteiger partial charge in [-0.2, -0.15) is 11.8 Å². The van der Waals surface area contributed by atoms with Gasteiger partial charge in [-0.15, -0.1) is 0 Å². The Morgan fingerprint density at radius 2 is 1.86 bits per heavy atom. The van der Waals surface area contributed by atoms with Gasteiger partial charge in [-0.25, -0.2) is 0 Å². The molecule has 1 aliphatic heterocycles. The molecule has 1 atom stereocenters.